The van der Waals surface area contributed by atoms with Crippen molar-refractivity contribution in [2.45, 2.75) is 19.4 Å². The number of likely N-dealkylation sites (tertiary alicyclic amines) is 1. The minimum absolute atomic E-state index is 0.0248. The van der Waals surface area contributed by atoms with Gasteiger partial charge >= 0.3 is 0 Å². The van der Waals surface area contributed by atoms with Crippen molar-refractivity contribution in [3.63, 3.8) is 0 Å². The average molecular weight is 440 g/mol. The van der Waals surface area contributed by atoms with E-state index in [4.69, 9.17) is 9.47 Å². The minimum Gasteiger partial charge on any atom is -0.493 e. The maximum absolute atomic E-state index is 12.5. The van der Waals surface area contributed by atoms with Crippen molar-refractivity contribution in [2.75, 3.05) is 33.9 Å². The van der Waals surface area contributed by atoms with Gasteiger partial charge in [0, 0.05) is 31.6 Å². The van der Waals surface area contributed by atoms with E-state index >= 15 is 0 Å². The zero-order valence-electron chi connectivity index (χ0n) is 18.6. The Labute approximate surface area is 187 Å². The number of carbonyl (C=O) groups is 3. The fourth-order valence-electron chi connectivity index (χ4n) is 3.78. The molecule has 1 heterocycles. The monoisotopic (exact) mass is 439 g/mol. The molecule has 32 heavy (non-hydrogen) atoms. The number of carbonyl (C=O) groups excluding carboxylic acids is 3. The Morgan fingerprint density at radius 3 is 2.41 bits per heavy atom. The van der Waals surface area contributed by atoms with E-state index in [1.807, 2.05) is 37.3 Å². The molecule has 8 heteroatoms. The first-order valence-corrected chi connectivity index (χ1v) is 10.6. The Morgan fingerprint density at radius 1 is 1.03 bits per heavy atom. The van der Waals surface area contributed by atoms with Crippen molar-refractivity contribution >= 4 is 17.7 Å². The Morgan fingerprint density at radius 2 is 1.72 bits per heavy atom. The van der Waals surface area contributed by atoms with Crippen LogP contribution >= 0.6 is 0 Å². The standard InChI is InChI=1S/C24H29N3O5/c1-16(17-7-5-4-6-8-17)27-15-19(14-22(27)28)24(30)26-12-11-25-23(29)18-9-10-20(31-2)21(13-18)32-3/h4-10,13,16,19H,11-12,14-15H2,1-3H3,(H,25,29)(H,26,30). The van der Waals surface area contributed by atoms with Gasteiger partial charge in [0.1, 0.15) is 0 Å². The molecule has 0 aromatic heterocycles. The lowest BCUT2D eigenvalue weighted by Crippen LogP contribution is -2.38. The molecule has 1 saturated heterocycles. The van der Waals surface area contributed by atoms with Gasteiger partial charge in [-0.05, 0) is 30.7 Å². The summed E-state index contributed by atoms with van der Waals surface area (Å²) >= 11 is 0. The first kappa shape index (κ1) is 23.1. The molecule has 3 rings (SSSR count). The van der Waals surface area contributed by atoms with Crippen LogP contribution in [0.5, 0.6) is 11.5 Å². The minimum atomic E-state index is -0.393. The summed E-state index contributed by atoms with van der Waals surface area (Å²) in [6.07, 6.45) is 0.195. The lowest BCUT2D eigenvalue weighted by molar-refractivity contribution is -0.130. The molecule has 0 radical (unpaired) electrons. The molecule has 0 bridgehead atoms. The third kappa shape index (κ3) is 5.38. The van der Waals surface area contributed by atoms with Crippen molar-refractivity contribution in [2.24, 2.45) is 5.92 Å². The van der Waals surface area contributed by atoms with E-state index < -0.39 is 5.92 Å². The Hall–Kier alpha value is -3.55. The highest BCUT2D eigenvalue weighted by atomic mass is 16.5. The van der Waals surface area contributed by atoms with Gasteiger partial charge in [0.25, 0.3) is 5.91 Å². The van der Waals surface area contributed by atoms with Crippen LogP contribution in [-0.2, 0) is 9.59 Å². The Balaban J connectivity index is 1.45. The maximum atomic E-state index is 12.5. The van der Waals surface area contributed by atoms with E-state index in [1.54, 1.807) is 23.1 Å². The smallest absolute Gasteiger partial charge is 0.251 e. The van der Waals surface area contributed by atoms with Gasteiger partial charge in [-0.15, -0.1) is 0 Å². The van der Waals surface area contributed by atoms with Crippen molar-refractivity contribution in [1.82, 2.24) is 15.5 Å². The van der Waals surface area contributed by atoms with Gasteiger partial charge in [-0.25, -0.2) is 0 Å². The highest BCUT2D eigenvalue weighted by molar-refractivity contribution is 5.95. The molecule has 1 aliphatic rings. The normalized spacial score (nSPS) is 16.4. The van der Waals surface area contributed by atoms with Gasteiger partial charge in [-0.1, -0.05) is 30.3 Å². The zero-order valence-corrected chi connectivity index (χ0v) is 18.6. The number of hydrogen-bond donors (Lipinski definition) is 2. The van der Waals surface area contributed by atoms with E-state index in [1.165, 1.54) is 14.2 Å². The number of nitrogens with one attached hydrogen (secondary N) is 2. The number of benzene rings is 2. The van der Waals surface area contributed by atoms with Gasteiger partial charge in [0.2, 0.25) is 11.8 Å². The summed E-state index contributed by atoms with van der Waals surface area (Å²) in [6.45, 7) is 2.90. The molecule has 3 amide bonds. The van der Waals surface area contributed by atoms with E-state index in [0.717, 1.165) is 5.56 Å². The summed E-state index contributed by atoms with van der Waals surface area (Å²) in [5.41, 5.74) is 1.47. The summed E-state index contributed by atoms with van der Waals surface area (Å²) < 4.78 is 10.4. The number of ether oxygens (including phenoxy) is 2. The van der Waals surface area contributed by atoms with Crippen LogP contribution in [0.3, 0.4) is 0 Å². The molecule has 170 valence electrons. The number of amides is 3. The topological polar surface area (TPSA) is 97.0 Å². The van der Waals surface area contributed by atoms with E-state index in [-0.39, 0.29) is 43.3 Å². The first-order valence-electron chi connectivity index (χ1n) is 10.6. The van der Waals surface area contributed by atoms with Crippen LogP contribution in [0.25, 0.3) is 0 Å². The average Bonchev–Trinajstić information content (AvgIpc) is 3.22. The predicted octanol–water partition coefficient (Wildman–Crippen LogP) is 2.16. The fraction of sp³-hybridized carbons (Fsp3) is 0.375. The molecule has 0 saturated carbocycles. The van der Waals surface area contributed by atoms with Crippen LogP contribution in [0.15, 0.2) is 48.5 Å². The van der Waals surface area contributed by atoms with Crippen LogP contribution in [-0.4, -0.2) is 56.5 Å². The second-order valence-corrected chi connectivity index (χ2v) is 7.65. The van der Waals surface area contributed by atoms with E-state index in [9.17, 15) is 14.4 Å². The molecule has 2 aromatic rings. The van der Waals surface area contributed by atoms with Gasteiger partial charge < -0.3 is 25.0 Å². The fourth-order valence-corrected chi connectivity index (χ4v) is 3.78. The second-order valence-electron chi connectivity index (χ2n) is 7.65. The molecular formula is C24H29N3O5. The van der Waals surface area contributed by atoms with Gasteiger partial charge in [0.05, 0.1) is 26.2 Å². The zero-order chi connectivity index (χ0) is 23.1. The second kappa shape index (κ2) is 10.7. The van der Waals surface area contributed by atoms with E-state index in [2.05, 4.69) is 10.6 Å². The van der Waals surface area contributed by atoms with E-state index in [0.29, 0.717) is 23.6 Å². The number of methoxy groups -OCH3 is 2. The van der Waals surface area contributed by atoms with Crippen molar-refractivity contribution in [3.05, 3.63) is 59.7 Å². The molecule has 0 aliphatic carbocycles. The molecule has 2 atom stereocenters. The molecule has 0 spiro atoms. The lowest BCUT2D eigenvalue weighted by Gasteiger charge is -2.25. The van der Waals surface area contributed by atoms with Crippen LogP contribution in [0.2, 0.25) is 0 Å². The van der Waals surface area contributed by atoms with Gasteiger partial charge in [-0.2, -0.15) is 0 Å². The van der Waals surface area contributed by atoms with Crippen molar-refractivity contribution in [3.8, 4) is 11.5 Å². The number of rotatable bonds is 9. The van der Waals surface area contributed by atoms with Crippen LogP contribution < -0.4 is 20.1 Å². The third-order valence-corrected chi connectivity index (χ3v) is 5.63. The summed E-state index contributed by atoms with van der Waals surface area (Å²) in [6, 6.07) is 14.6. The third-order valence-electron chi connectivity index (χ3n) is 5.63. The summed E-state index contributed by atoms with van der Waals surface area (Å²) in [5.74, 6) is 0.130. The summed E-state index contributed by atoms with van der Waals surface area (Å²) in [4.78, 5) is 39.1. The van der Waals surface area contributed by atoms with Crippen LogP contribution in [0.1, 0.15) is 35.3 Å². The molecular weight excluding hydrogens is 410 g/mol. The lowest BCUT2D eigenvalue weighted by atomic mass is 10.1. The van der Waals surface area contributed by atoms with Crippen molar-refractivity contribution in [1.29, 1.82) is 0 Å². The summed E-state index contributed by atoms with van der Waals surface area (Å²) in [7, 11) is 3.03. The Bertz CT molecular complexity index is 963. The molecule has 1 fully saturated rings. The molecule has 2 aromatic carbocycles. The number of nitrogens with zero attached hydrogens (tertiary/aromatic N) is 1. The van der Waals surface area contributed by atoms with Crippen molar-refractivity contribution < 1.29 is 23.9 Å². The molecule has 2 unspecified atom stereocenters. The highest BCUT2D eigenvalue weighted by Gasteiger charge is 2.36. The van der Waals surface area contributed by atoms with Crippen LogP contribution in [0.4, 0.5) is 0 Å². The maximum Gasteiger partial charge on any atom is 0.251 e. The summed E-state index contributed by atoms with van der Waals surface area (Å²) in [5, 5.41) is 5.58. The number of hydrogen-bond acceptors (Lipinski definition) is 5. The molecule has 2 N–H and O–H groups in total. The Kier molecular flexibility index (Phi) is 7.70. The SMILES string of the molecule is COc1ccc(C(=O)NCCNC(=O)C2CC(=O)N(C(C)c3ccccc3)C2)cc1OC. The highest BCUT2D eigenvalue weighted by Crippen LogP contribution is 2.29. The largest absolute Gasteiger partial charge is 0.493 e. The quantitative estimate of drug-likeness (QED) is 0.584. The first-order chi connectivity index (χ1) is 15.4. The van der Waals surface area contributed by atoms with Gasteiger partial charge in [-0.3, -0.25) is 14.4 Å². The molecule has 8 nitrogen and oxygen atoms in total. The molecule has 1 aliphatic heterocycles. The van der Waals surface area contributed by atoms with Crippen LogP contribution in [0, 0.1) is 5.92 Å². The predicted molar refractivity (Wildman–Crippen MR) is 120 cm³/mol. The van der Waals surface area contributed by atoms with Gasteiger partial charge in [0.15, 0.2) is 11.5 Å².